The van der Waals surface area contributed by atoms with Crippen molar-refractivity contribution in [3.8, 4) is 17.1 Å². The molecule has 0 saturated carbocycles. The number of aromatic nitrogens is 2. The lowest BCUT2D eigenvalue weighted by molar-refractivity contribution is 0.211. The number of fused-ring (bicyclic) bond motifs is 2. The van der Waals surface area contributed by atoms with Crippen LogP contribution in [0.15, 0.2) is 71.6 Å². The molecule has 0 unspecified atom stereocenters. The fourth-order valence-corrected chi connectivity index (χ4v) is 5.33. The van der Waals surface area contributed by atoms with E-state index in [-0.39, 0.29) is 4.90 Å². The number of rotatable bonds is 4. The maximum Gasteiger partial charge on any atom is 0.409 e. The highest BCUT2D eigenvalue weighted by Gasteiger charge is 2.28. The van der Waals surface area contributed by atoms with Crippen molar-refractivity contribution in [2.45, 2.75) is 17.9 Å². The highest BCUT2D eigenvalue weighted by atomic mass is 32.2. The predicted molar refractivity (Wildman–Crippen MR) is 119 cm³/mol. The average Bonchev–Trinajstić information content (AvgIpc) is 3.22. The second kappa shape index (κ2) is 7.77. The van der Waals surface area contributed by atoms with Crippen molar-refractivity contribution in [2.75, 3.05) is 6.54 Å². The summed E-state index contributed by atoms with van der Waals surface area (Å²) in [6.45, 7) is 0.833. The molecule has 1 aliphatic heterocycles. The molecule has 3 aromatic carbocycles. The summed E-state index contributed by atoms with van der Waals surface area (Å²) in [6.07, 6.45) is -0.188. The van der Waals surface area contributed by atoms with Crippen LogP contribution in [0.25, 0.3) is 22.4 Å². The number of benzene rings is 3. The van der Waals surface area contributed by atoms with Crippen LogP contribution in [0.2, 0.25) is 0 Å². The van der Waals surface area contributed by atoms with Crippen molar-refractivity contribution in [3.63, 3.8) is 0 Å². The van der Waals surface area contributed by atoms with Gasteiger partial charge in [-0.1, -0.05) is 24.3 Å². The Kier molecular flexibility index (Phi) is 4.91. The third-order valence-corrected chi connectivity index (χ3v) is 7.39. The number of amides is 1. The lowest BCUT2D eigenvalue weighted by atomic mass is 10.0. The molecular weight excluding hydrogens is 428 g/mol. The van der Waals surface area contributed by atoms with E-state index in [2.05, 4.69) is 9.97 Å². The molecule has 3 N–H and O–H groups in total. The molecule has 0 atom stereocenters. The highest BCUT2D eigenvalue weighted by Crippen LogP contribution is 2.28. The van der Waals surface area contributed by atoms with E-state index in [1.807, 2.05) is 24.3 Å². The smallest absolute Gasteiger partial charge is 0.409 e. The van der Waals surface area contributed by atoms with Crippen LogP contribution < -0.4 is 10.5 Å². The second-order valence-electron chi connectivity index (χ2n) is 7.57. The first kappa shape index (κ1) is 20.2. The first-order valence-electron chi connectivity index (χ1n) is 10.0. The SMILES string of the molecule is NC(=O)Oc1ccc2nc(-c3ccc(S(=O)(=O)N4CCc5ccccc5C4)cc3)[nH]c2c1. The minimum absolute atomic E-state index is 0.244. The van der Waals surface area contributed by atoms with Gasteiger partial charge >= 0.3 is 6.09 Å². The third-order valence-electron chi connectivity index (χ3n) is 5.53. The van der Waals surface area contributed by atoms with Crippen LogP contribution in [-0.4, -0.2) is 35.3 Å². The van der Waals surface area contributed by atoms with Gasteiger partial charge in [0.25, 0.3) is 0 Å². The van der Waals surface area contributed by atoms with Gasteiger partial charge < -0.3 is 15.5 Å². The Labute approximate surface area is 184 Å². The Morgan fingerprint density at radius 1 is 1.03 bits per heavy atom. The van der Waals surface area contributed by atoms with Crippen LogP contribution in [0.3, 0.4) is 0 Å². The molecule has 1 aliphatic rings. The van der Waals surface area contributed by atoms with Crippen LogP contribution in [0, 0.1) is 0 Å². The molecule has 9 heteroatoms. The molecule has 0 fully saturated rings. The summed E-state index contributed by atoms with van der Waals surface area (Å²) in [5.74, 6) is 0.886. The Hall–Kier alpha value is -3.69. The van der Waals surface area contributed by atoms with E-state index in [0.717, 1.165) is 11.1 Å². The quantitative estimate of drug-likeness (QED) is 0.496. The number of H-pyrrole nitrogens is 1. The molecule has 0 spiro atoms. The molecular formula is C23H20N4O4S. The molecule has 1 aromatic heterocycles. The minimum Gasteiger partial charge on any atom is -0.410 e. The van der Waals surface area contributed by atoms with Crippen molar-refractivity contribution >= 4 is 27.1 Å². The van der Waals surface area contributed by atoms with E-state index < -0.39 is 16.1 Å². The van der Waals surface area contributed by atoms with Gasteiger partial charge in [-0.15, -0.1) is 0 Å². The van der Waals surface area contributed by atoms with Crippen LogP contribution in [0.4, 0.5) is 4.79 Å². The molecule has 32 heavy (non-hydrogen) atoms. The largest absolute Gasteiger partial charge is 0.410 e. The summed E-state index contributed by atoms with van der Waals surface area (Å²) in [5, 5.41) is 0. The number of nitrogens with one attached hydrogen (secondary N) is 1. The summed E-state index contributed by atoms with van der Waals surface area (Å²) < 4.78 is 32.7. The number of hydrogen-bond donors (Lipinski definition) is 2. The number of hydrogen-bond acceptors (Lipinski definition) is 5. The van der Waals surface area contributed by atoms with Crippen LogP contribution in [0.1, 0.15) is 11.1 Å². The Balaban J connectivity index is 1.40. The van der Waals surface area contributed by atoms with Crippen molar-refractivity contribution in [1.82, 2.24) is 14.3 Å². The lowest BCUT2D eigenvalue weighted by Crippen LogP contribution is -2.35. The van der Waals surface area contributed by atoms with Gasteiger partial charge in [-0.05, 0) is 53.9 Å². The standard InChI is InChI=1S/C23H20N4O4S/c24-23(28)31-18-7-10-20-21(13-18)26-22(25-20)16-5-8-19(9-6-16)32(29,30)27-12-11-15-3-1-2-4-17(15)14-27/h1-10,13H,11-12,14H2,(H2,24,28)(H,25,26). The molecule has 162 valence electrons. The van der Waals surface area contributed by atoms with Crippen LogP contribution in [0.5, 0.6) is 5.75 Å². The Morgan fingerprint density at radius 2 is 1.78 bits per heavy atom. The minimum atomic E-state index is -3.60. The van der Waals surface area contributed by atoms with Crippen molar-refractivity contribution in [2.24, 2.45) is 5.73 Å². The maximum atomic E-state index is 13.2. The van der Waals surface area contributed by atoms with Gasteiger partial charge in [0.05, 0.1) is 15.9 Å². The van der Waals surface area contributed by atoms with E-state index in [4.69, 9.17) is 10.5 Å². The summed E-state index contributed by atoms with van der Waals surface area (Å²) in [7, 11) is -3.60. The van der Waals surface area contributed by atoms with Gasteiger partial charge in [0.15, 0.2) is 0 Å². The maximum absolute atomic E-state index is 13.2. The zero-order valence-corrected chi connectivity index (χ0v) is 17.8. The topological polar surface area (TPSA) is 118 Å². The average molecular weight is 449 g/mol. The van der Waals surface area contributed by atoms with Gasteiger partial charge in [-0.2, -0.15) is 4.31 Å². The van der Waals surface area contributed by atoms with Crippen molar-refractivity contribution < 1.29 is 17.9 Å². The number of sulfonamides is 1. The molecule has 0 aliphatic carbocycles. The number of ether oxygens (including phenoxy) is 1. The number of primary amides is 1. The summed E-state index contributed by atoms with van der Waals surface area (Å²) in [5.41, 5.74) is 9.38. The monoisotopic (exact) mass is 448 g/mol. The van der Waals surface area contributed by atoms with E-state index in [1.165, 1.54) is 9.87 Å². The number of nitrogens with two attached hydrogens (primary N) is 1. The molecule has 0 saturated heterocycles. The molecule has 5 rings (SSSR count). The highest BCUT2D eigenvalue weighted by molar-refractivity contribution is 7.89. The van der Waals surface area contributed by atoms with Crippen LogP contribution in [-0.2, 0) is 23.0 Å². The molecule has 4 aromatic rings. The molecule has 0 radical (unpaired) electrons. The normalized spacial score (nSPS) is 14.2. The number of carbonyl (C=O) groups is 1. The summed E-state index contributed by atoms with van der Waals surface area (Å²) >= 11 is 0. The lowest BCUT2D eigenvalue weighted by Gasteiger charge is -2.28. The second-order valence-corrected chi connectivity index (χ2v) is 9.51. The fourth-order valence-electron chi connectivity index (χ4n) is 3.91. The zero-order chi connectivity index (χ0) is 22.3. The number of aromatic amines is 1. The van der Waals surface area contributed by atoms with Gasteiger partial charge in [-0.3, -0.25) is 0 Å². The fraction of sp³-hybridized carbons (Fsp3) is 0.130. The van der Waals surface area contributed by atoms with E-state index in [1.54, 1.807) is 42.5 Å². The van der Waals surface area contributed by atoms with E-state index in [0.29, 0.717) is 42.1 Å². The third kappa shape index (κ3) is 3.72. The van der Waals surface area contributed by atoms with Gasteiger partial charge in [0.1, 0.15) is 11.6 Å². The molecule has 2 heterocycles. The van der Waals surface area contributed by atoms with Gasteiger partial charge in [0, 0.05) is 24.7 Å². The van der Waals surface area contributed by atoms with Crippen LogP contribution >= 0.6 is 0 Å². The molecule has 8 nitrogen and oxygen atoms in total. The van der Waals surface area contributed by atoms with E-state index in [9.17, 15) is 13.2 Å². The van der Waals surface area contributed by atoms with Gasteiger partial charge in [-0.25, -0.2) is 18.2 Å². The van der Waals surface area contributed by atoms with Gasteiger partial charge in [0.2, 0.25) is 10.0 Å². The number of imidazole rings is 1. The first-order chi connectivity index (χ1) is 15.4. The molecule has 1 amide bonds. The summed E-state index contributed by atoms with van der Waals surface area (Å²) in [6, 6.07) is 19.5. The molecule has 0 bridgehead atoms. The zero-order valence-electron chi connectivity index (χ0n) is 17.0. The van der Waals surface area contributed by atoms with Crippen molar-refractivity contribution in [3.05, 3.63) is 77.9 Å². The predicted octanol–water partition coefficient (Wildman–Crippen LogP) is 3.43. The van der Waals surface area contributed by atoms with E-state index >= 15 is 0 Å². The van der Waals surface area contributed by atoms with Crippen molar-refractivity contribution in [1.29, 1.82) is 0 Å². The first-order valence-corrected chi connectivity index (χ1v) is 11.5. The number of carbonyl (C=O) groups excluding carboxylic acids is 1. The summed E-state index contributed by atoms with van der Waals surface area (Å²) in [4.78, 5) is 18.9. The Morgan fingerprint density at radius 3 is 2.53 bits per heavy atom. The number of nitrogens with zero attached hydrogens (tertiary/aromatic N) is 2. The Bertz CT molecular complexity index is 1430.